The van der Waals surface area contributed by atoms with Gasteiger partial charge in [-0.2, -0.15) is 0 Å². The van der Waals surface area contributed by atoms with E-state index in [1.807, 2.05) is 18.5 Å². The number of hydrogen-bond donors (Lipinski definition) is 0. The average molecular weight is 279 g/mol. The van der Waals surface area contributed by atoms with Gasteiger partial charge in [0.1, 0.15) is 0 Å². The van der Waals surface area contributed by atoms with Crippen molar-refractivity contribution in [3.05, 3.63) is 60.4 Å². The fourth-order valence-corrected chi connectivity index (χ4v) is 3.68. The molecule has 3 nitrogen and oxygen atoms in total. The minimum atomic E-state index is 0.708. The number of pyridine rings is 1. The summed E-state index contributed by atoms with van der Waals surface area (Å²) in [6.45, 7) is 4.67. The second kappa shape index (κ2) is 5.49. The highest BCUT2D eigenvalue weighted by Crippen LogP contribution is 2.35. The van der Waals surface area contributed by atoms with Crippen LogP contribution in [0, 0.1) is 5.92 Å². The van der Waals surface area contributed by atoms with Gasteiger partial charge in [-0.1, -0.05) is 30.3 Å². The van der Waals surface area contributed by atoms with Gasteiger partial charge in [0.15, 0.2) is 0 Å². The zero-order valence-corrected chi connectivity index (χ0v) is 12.2. The van der Waals surface area contributed by atoms with Crippen molar-refractivity contribution in [2.75, 3.05) is 24.5 Å². The zero-order chi connectivity index (χ0) is 14.1. The maximum Gasteiger partial charge on any atom is 0.0553 e. The summed E-state index contributed by atoms with van der Waals surface area (Å²) in [6, 6.07) is 15.7. The van der Waals surface area contributed by atoms with E-state index in [1.54, 1.807) is 0 Å². The predicted octanol–water partition coefficient (Wildman–Crippen LogP) is 2.79. The van der Waals surface area contributed by atoms with Gasteiger partial charge in [0, 0.05) is 38.4 Å². The van der Waals surface area contributed by atoms with E-state index in [2.05, 4.69) is 51.2 Å². The van der Waals surface area contributed by atoms with Crippen molar-refractivity contribution >= 4 is 5.69 Å². The summed E-state index contributed by atoms with van der Waals surface area (Å²) >= 11 is 0. The van der Waals surface area contributed by atoms with Crippen molar-refractivity contribution in [3.63, 3.8) is 0 Å². The third-order valence-corrected chi connectivity index (χ3v) is 4.90. The molecule has 2 saturated heterocycles. The molecule has 0 radical (unpaired) electrons. The van der Waals surface area contributed by atoms with Crippen LogP contribution in [0.3, 0.4) is 0 Å². The molecule has 2 aromatic rings. The molecule has 2 fully saturated rings. The molecule has 3 heterocycles. The van der Waals surface area contributed by atoms with Crippen molar-refractivity contribution in [1.82, 2.24) is 9.88 Å². The van der Waals surface area contributed by atoms with Crippen LogP contribution in [0.4, 0.5) is 5.69 Å². The minimum absolute atomic E-state index is 0.708. The summed E-state index contributed by atoms with van der Waals surface area (Å²) in [5.41, 5.74) is 2.69. The summed E-state index contributed by atoms with van der Waals surface area (Å²) < 4.78 is 0. The minimum Gasteiger partial charge on any atom is -0.369 e. The van der Waals surface area contributed by atoms with Crippen LogP contribution in [0.5, 0.6) is 0 Å². The molecule has 1 aromatic heterocycles. The number of rotatable bonds is 3. The molecule has 21 heavy (non-hydrogen) atoms. The fourth-order valence-electron chi connectivity index (χ4n) is 3.68. The highest BCUT2D eigenvalue weighted by Gasteiger charge is 2.42. The first kappa shape index (κ1) is 12.8. The SMILES string of the molecule is c1ccc(CN2C[C@@H]3CCN(c4cccnc4)C[C@@H]32)cc1. The van der Waals surface area contributed by atoms with Crippen molar-refractivity contribution in [2.24, 2.45) is 5.92 Å². The molecule has 2 aliphatic rings. The molecule has 108 valence electrons. The average Bonchev–Trinajstić information content (AvgIpc) is 2.54. The number of piperidine rings is 1. The lowest BCUT2D eigenvalue weighted by Gasteiger charge is -2.54. The van der Waals surface area contributed by atoms with Crippen LogP contribution < -0.4 is 4.90 Å². The first-order valence-electron chi connectivity index (χ1n) is 7.83. The number of nitrogens with zero attached hydrogens (tertiary/aromatic N) is 3. The third kappa shape index (κ3) is 2.54. The lowest BCUT2D eigenvalue weighted by molar-refractivity contribution is -0.00377. The van der Waals surface area contributed by atoms with E-state index in [4.69, 9.17) is 0 Å². The van der Waals surface area contributed by atoms with Gasteiger partial charge in [0.2, 0.25) is 0 Å². The summed E-state index contributed by atoms with van der Waals surface area (Å²) in [5.74, 6) is 0.890. The molecule has 0 amide bonds. The van der Waals surface area contributed by atoms with Crippen LogP contribution in [0.25, 0.3) is 0 Å². The highest BCUT2D eigenvalue weighted by molar-refractivity contribution is 5.44. The predicted molar refractivity (Wildman–Crippen MR) is 85.2 cm³/mol. The van der Waals surface area contributed by atoms with Crippen LogP contribution in [0.1, 0.15) is 12.0 Å². The Hall–Kier alpha value is -1.87. The lowest BCUT2D eigenvalue weighted by Crippen LogP contribution is -2.63. The van der Waals surface area contributed by atoms with Gasteiger partial charge < -0.3 is 4.90 Å². The standard InChI is InChI=1S/C18H21N3/c1-2-5-15(6-3-1)12-21-13-16-8-10-20(14-18(16)21)17-7-4-9-19-11-17/h1-7,9,11,16,18H,8,10,12-14H2/t16-,18-/m0/s1. The van der Waals surface area contributed by atoms with E-state index in [0.717, 1.165) is 19.0 Å². The Morgan fingerprint density at radius 2 is 1.95 bits per heavy atom. The Labute approximate surface area is 126 Å². The van der Waals surface area contributed by atoms with Crippen molar-refractivity contribution in [3.8, 4) is 0 Å². The number of benzene rings is 1. The Morgan fingerprint density at radius 3 is 2.76 bits per heavy atom. The molecule has 0 unspecified atom stereocenters. The molecule has 0 N–H and O–H groups in total. The molecule has 2 aliphatic heterocycles. The third-order valence-electron chi connectivity index (χ3n) is 4.90. The molecule has 1 aromatic carbocycles. The second-order valence-corrected chi connectivity index (χ2v) is 6.19. The molecule has 0 aliphatic carbocycles. The Kier molecular flexibility index (Phi) is 3.36. The highest BCUT2D eigenvalue weighted by atomic mass is 15.3. The van der Waals surface area contributed by atoms with Gasteiger partial charge in [-0.25, -0.2) is 0 Å². The number of aromatic nitrogens is 1. The van der Waals surface area contributed by atoms with Gasteiger partial charge in [-0.3, -0.25) is 9.88 Å². The topological polar surface area (TPSA) is 19.4 Å². The van der Waals surface area contributed by atoms with Gasteiger partial charge in [-0.05, 0) is 30.0 Å². The summed E-state index contributed by atoms with van der Waals surface area (Å²) in [7, 11) is 0. The molecule has 2 atom stereocenters. The molecule has 3 heteroatoms. The quantitative estimate of drug-likeness (QED) is 0.861. The molecular formula is C18H21N3. The van der Waals surface area contributed by atoms with Crippen molar-refractivity contribution < 1.29 is 0 Å². The van der Waals surface area contributed by atoms with Gasteiger partial charge >= 0.3 is 0 Å². The van der Waals surface area contributed by atoms with E-state index in [9.17, 15) is 0 Å². The monoisotopic (exact) mass is 279 g/mol. The van der Waals surface area contributed by atoms with Crippen LogP contribution in [-0.4, -0.2) is 35.6 Å². The molecule has 4 rings (SSSR count). The second-order valence-electron chi connectivity index (χ2n) is 6.19. The first-order valence-corrected chi connectivity index (χ1v) is 7.83. The Balaban J connectivity index is 1.43. The van der Waals surface area contributed by atoms with E-state index < -0.39 is 0 Å². The van der Waals surface area contributed by atoms with E-state index in [1.165, 1.54) is 30.8 Å². The molecular weight excluding hydrogens is 258 g/mol. The molecule has 0 spiro atoms. The van der Waals surface area contributed by atoms with E-state index in [0.29, 0.717) is 6.04 Å². The fraction of sp³-hybridized carbons (Fsp3) is 0.389. The van der Waals surface area contributed by atoms with Gasteiger partial charge in [0.25, 0.3) is 0 Å². The van der Waals surface area contributed by atoms with Crippen LogP contribution in [-0.2, 0) is 6.54 Å². The number of fused-ring (bicyclic) bond motifs is 1. The maximum absolute atomic E-state index is 4.25. The summed E-state index contributed by atoms with van der Waals surface area (Å²) in [4.78, 5) is 9.37. The van der Waals surface area contributed by atoms with Gasteiger partial charge in [0.05, 0.1) is 11.9 Å². The van der Waals surface area contributed by atoms with Crippen LogP contribution in [0.15, 0.2) is 54.9 Å². The summed E-state index contributed by atoms with van der Waals surface area (Å²) in [5, 5.41) is 0. The van der Waals surface area contributed by atoms with Crippen molar-refractivity contribution in [2.45, 2.75) is 19.0 Å². The first-order chi connectivity index (χ1) is 10.4. The van der Waals surface area contributed by atoms with E-state index >= 15 is 0 Å². The maximum atomic E-state index is 4.25. The zero-order valence-electron chi connectivity index (χ0n) is 12.2. The molecule has 0 saturated carbocycles. The lowest BCUT2D eigenvalue weighted by atomic mass is 9.82. The normalized spacial score (nSPS) is 25.2. The van der Waals surface area contributed by atoms with E-state index in [-0.39, 0.29) is 0 Å². The van der Waals surface area contributed by atoms with Crippen LogP contribution in [0.2, 0.25) is 0 Å². The van der Waals surface area contributed by atoms with Gasteiger partial charge in [-0.15, -0.1) is 0 Å². The molecule has 0 bridgehead atoms. The smallest absolute Gasteiger partial charge is 0.0553 e. The number of hydrogen-bond acceptors (Lipinski definition) is 3. The summed E-state index contributed by atoms with van der Waals surface area (Å²) in [6.07, 6.45) is 5.15. The largest absolute Gasteiger partial charge is 0.369 e. The number of anilines is 1. The Bertz CT molecular complexity index is 582. The Morgan fingerprint density at radius 1 is 1.05 bits per heavy atom. The van der Waals surface area contributed by atoms with Crippen molar-refractivity contribution in [1.29, 1.82) is 0 Å². The van der Waals surface area contributed by atoms with Crippen LogP contribution >= 0.6 is 0 Å². The number of likely N-dealkylation sites (tertiary alicyclic amines) is 1.